The van der Waals surface area contributed by atoms with E-state index in [0.717, 1.165) is 5.57 Å². The van der Waals surface area contributed by atoms with Gasteiger partial charge in [-0.15, -0.1) is 0 Å². The van der Waals surface area contributed by atoms with E-state index in [1.165, 1.54) is 0 Å². The molecular formula is C7H14O2. The zero-order chi connectivity index (χ0) is 7.28. The van der Waals surface area contributed by atoms with Crippen molar-refractivity contribution in [2.24, 2.45) is 0 Å². The van der Waals surface area contributed by atoms with Crippen molar-refractivity contribution in [2.75, 3.05) is 6.61 Å². The van der Waals surface area contributed by atoms with Gasteiger partial charge in [0.2, 0.25) is 0 Å². The van der Waals surface area contributed by atoms with E-state index in [1.807, 2.05) is 13.8 Å². The van der Waals surface area contributed by atoms with Crippen LogP contribution in [0.15, 0.2) is 12.2 Å². The van der Waals surface area contributed by atoms with Crippen LogP contribution in [-0.2, 0) is 4.74 Å². The third-order valence-electron chi connectivity index (χ3n) is 0.871. The summed E-state index contributed by atoms with van der Waals surface area (Å²) in [6.45, 7) is 7.81. The molecule has 0 rings (SSSR count). The van der Waals surface area contributed by atoms with Gasteiger partial charge in [0.15, 0.2) is 6.29 Å². The van der Waals surface area contributed by atoms with Crippen molar-refractivity contribution in [1.29, 1.82) is 0 Å². The Kier molecular flexibility index (Phi) is 4.36. The van der Waals surface area contributed by atoms with Gasteiger partial charge in [0.25, 0.3) is 0 Å². The topological polar surface area (TPSA) is 29.5 Å². The van der Waals surface area contributed by atoms with Crippen LogP contribution in [0.25, 0.3) is 0 Å². The predicted octanol–water partition coefficient (Wildman–Crippen LogP) is 1.31. The predicted molar refractivity (Wildman–Crippen MR) is 37.1 cm³/mol. The lowest BCUT2D eigenvalue weighted by atomic mass is 10.4. The Balaban J connectivity index is 3.16. The number of hydrogen-bond acceptors (Lipinski definition) is 2. The average Bonchev–Trinajstić information content (AvgIpc) is 1.83. The summed E-state index contributed by atoms with van der Waals surface area (Å²) in [4.78, 5) is 0. The fourth-order valence-electron chi connectivity index (χ4n) is 0.356. The average molecular weight is 130 g/mol. The molecular weight excluding hydrogens is 116 g/mol. The SMILES string of the molecule is C=C(C)COC(O)CC. The van der Waals surface area contributed by atoms with Crippen LogP contribution < -0.4 is 0 Å². The molecule has 0 aliphatic rings. The molecule has 0 fully saturated rings. The molecule has 1 atom stereocenters. The maximum atomic E-state index is 8.84. The van der Waals surface area contributed by atoms with E-state index >= 15 is 0 Å². The van der Waals surface area contributed by atoms with Gasteiger partial charge in [-0.05, 0) is 13.3 Å². The van der Waals surface area contributed by atoms with Gasteiger partial charge in [-0.2, -0.15) is 0 Å². The van der Waals surface area contributed by atoms with Crippen LogP contribution in [0, 0.1) is 0 Å². The van der Waals surface area contributed by atoms with E-state index in [0.29, 0.717) is 13.0 Å². The van der Waals surface area contributed by atoms with Gasteiger partial charge in [-0.25, -0.2) is 0 Å². The lowest BCUT2D eigenvalue weighted by molar-refractivity contribution is -0.0917. The van der Waals surface area contributed by atoms with Gasteiger partial charge in [0.05, 0.1) is 6.61 Å². The first-order chi connectivity index (χ1) is 4.16. The fraction of sp³-hybridized carbons (Fsp3) is 0.714. The van der Waals surface area contributed by atoms with Crippen molar-refractivity contribution < 1.29 is 9.84 Å². The van der Waals surface area contributed by atoms with Crippen LogP contribution in [0.5, 0.6) is 0 Å². The van der Waals surface area contributed by atoms with Crippen LogP contribution in [0.3, 0.4) is 0 Å². The summed E-state index contributed by atoms with van der Waals surface area (Å²) in [5.41, 5.74) is 0.933. The fourth-order valence-corrected chi connectivity index (χ4v) is 0.356. The molecule has 0 bridgehead atoms. The molecule has 0 aliphatic carbocycles. The molecule has 0 amide bonds. The van der Waals surface area contributed by atoms with Crippen molar-refractivity contribution in [2.45, 2.75) is 26.6 Å². The standard InChI is InChI=1S/C7H14O2/c1-4-7(8)9-5-6(2)3/h7-8H,2,4-5H2,1,3H3. The first-order valence-electron chi connectivity index (χ1n) is 3.11. The number of aliphatic hydroxyl groups excluding tert-OH is 1. The van der Waals surface area contributed by atoms with E-state index in [2.05, 4.69) is 6.58 Å². The summed E-state index contributed by atoms with van der Waals surface area (Å²) in [6.07, 6.45) is 0.00880. The van der Waals surface area contributed by atoms with Crippen LogP contribution in [0.4, 0.5) is 0 Å². The molecule has 1 N–H and O–H groups in total. The minimum absolute atomic E-state index is 0.453. The molecule has 0 heterocycles. The van der Waals surface area contributed by atoms with E-state index in [9.17, 15) is 0 Å². The number of aliphatic hydroxyl groups is 1. The van der Waals surface area contributed by atoms with Crippen LogP contribution in [0.1, 0.15) is 20.3 Å². The maximum Gasteiger partial charge on any atom is 0.154 e. The molecule has 0 aliphatic heterocycles. The molecule has 0 aromatic heterocycles. The van der Waals surface area contributed by atoms with Gasteiger partial charge in [-0.3, -0.25) is 0 Å². The highest BCUT2D eigenvalue weighted by molar-refractivity contribution is 4.87. The molecule has 2 nitrogen and oxygen atoms in total. The van der Waals surface area contributed by atoms with E-state index in [1.54, 1.807) is 0 Å². The quantitative estimate of drug-likeness (QED) is 0.459. The van der Waals surface area contributed by atoms with Crippen molar-refractivity contribution in [3.8, 4) is 0 Å². The van der Waals surface area contributed by atoms with Crippen molar-refractivity contribution >= 4 is 0 Å². The first-order valence-corrected chi connectivity index (χ1v) is 3.11. The molecule has 0 radical (unpaired) electrons. The molecule has 0 saturated heterocycles. The minimum Gasteiger partial charge on any atom is -0.368 e. The molecule has 0 spiro atoms. The molecule has 54 valence electrons. The van der Waals surface area contributed by atoms with Gasteiger partial charge in [0.1, 0.15) is 0 Å². The summed E-state index contributed by atoms with van der Waals surface area (Å²) in [5.74, 6) is 0. The normalized spacial score (nSPS) is 13.2. The molecule has 0 aromatic carbocycles. The smallest absolute Gasteiger partial charge is 0.154 e. The third-order valence-corrected chi connectivity index (χ3v) is 0.871. The number of hydrogen-bond donors (Lipinski definition) is 1. The summed E-state index contributed by atoms with van der Waals surface area (Å²) in [5, 5.41) is 8.84. The van der Waals surface area contributed by atoms with Gasteiger partial charge >= 0.3 is 0 Å². The summed E-state index contributed by atoms with van der Waals surface area (Å²) in [6, 6.07) is 0. The Bertz CT molecular complexity index is 88.9. The van der Waals surface area contributed by atoms with E-state index in [4.69, 9.17) is 9.84 Å². The first kappa shape index (κ1) is 8.66. The van der Waals surface area contributed by atoms with Crippen molar-refractivity contribution in [1.82, 2.24) is 0 Å². The second-order valence-electron chi connectivity index (χ2n) is 2.13. The highest BCUT2D eigenvalue weighted by Crippen LogP contribution is 1.95. The van der Waals surface area contributed by atoms with Crippen LogP contribution in [0.2, 0.25) is 0 Å². The van der Waals surface area contributed by atoms with Gasteiger partial charge in [0, 0.05) is 0 Å². The minimum atomic E-state index is -0.623. The number of rotatable bonds is 4. The molecule has 9 heavy (non-hydrogen) atoms. The van der Waals surface area contributed by atoms with Crippen LogP contribution >= 0.6 is 0 Å². The lowest BCUT2D eigenvalue weighted by Gasteiger charge is -2.07. The molecule has 1 unspecified atom stereocenters. The molecule has 0 aromatic rings. The second kappa shape index (κ2) is 4.53. The Labute approximate surface area is 56.1 Å². The summed E-state index contributed by atoms with van der Waals surface area (Å²) in [7, 11) is 0. The zero-order valence-corrected chi connectivity index (χ0v) is 6.05. The molecule has 2 heteroatoms. The Morgan fingerprint density at radius 2 is 2.33 bits per heavy atom. The highest BCUT2D eigenvalue weighted by Gasteiger charge is 1.97. The highest BCUT2D eigenvalue weighted by atomic mass is 16.6. The lowest BCUT2D eigenvalue weighted by Crippen LogP contribution is -2.11. The van der Waals surface area contributed by atoms with E-state index in [-0.39, 0.29) is 0 Å². The van der Waals surface area contributed by atoms with Gasteiger partial charge in [-0.1, -0.05) is 19.1 Å². The Hall–Kier alpha value is -0.340. The number of ether oxygens (including phenoxy) is 1. The summed E-state index contributed by atoms with van der Waals surface area (Å²) >= 11 is 0. The maximum absolute atomic E-state index is 8.84. The van der Waals surface area contributed by atoms with Crippen LogP contribution in [-0.4, -0.2) is 18.0 Å². The third kappa shape index (κ3) is 5.53. The monoisotopic (exact) mass is 130 g/mol. The van der Waals surface area contributed by atoms with Crippen molar-refractivity contribution in [3.63, 3.8) is 0 Å². The Morgan fingerprint density at radius 1 is 1.78 bits per heavy atom. The zero-order valence-electron chi connectivity index (χ0n) is 6.05. The largest absolute Gasteiger partial charge is 0.368 e. The summed E-state index contributed by atoms with van der Waals surface area (Å²) < 4.78 is 4.91. The Morgan fingerprint density at radius 3 is 2.67 bits per heavy atom. The molecule has 0 saturated carbocycles. The van der Waals surface area contributed by atoms with Crippen molar-refractivity contribution in [3.05, 3.63) is 12.2 Å². The van der Waals surface area contributed by atoms with Gasteiger partial charge < -0.3 is 9.84 Å². The van der Waals surface area contributed by atoms with E-state index < -0.39 is 6.29 Å². The second-order valence-corrected chi connectivity index (χ2v) is 2.13.